The summed E-state index contributed by atoms with van der Waals surface area (Å²) >= 11 is 6.38. The molecule has 6 nitrogen and oxygen atoms in total. The lowest BCUT2D eigenvalue weighted by molar-refractivity contribution is 0.0665. The van der Waals surface area contributed by atoms with Gasteiger partial charge in [-0.05, 0) is 29.8 Å². The molecule has 7 heteroatoms. The van der Waals surface area contributed by atoms with Gasteiger partial charge in [0.05, 0.1) is 20.3 Å². The third-order valence-corrected chi connectivity index (χ3v) is 9.10. The fourth-order valence-electron chi connectivity index (χ4n) is 7.14. The molecule has 4 aromatic carbocycles. The molecule has 1 saturated heterocycles. The van der Waals surface area contributed by atoms with Gasteiger partial charge in [-0.15, -0.1) is 0 Å². The van der Waals surface area contributed by atoms with Gasteiger partial charge in [0.15, 0.2) is 17.3 Å². The lowest BCUT2D eigenvalue weighted by Gasteiger charge is -2.37. The number of hydrogen-bond donors (Lipinski definition) is 0. The van der Waals surface area contributed by atoms with Crippen molar-refractivity contribution in [3.8, 4) is 11.5 Å². The SMILES string of the molecule is COc1ccc([C@@H]2[C@H](C(=O)c3ccccc3)N3c4ccc(Cl)cc4C=C[C@@H]3C23C(=O)c2ccccc2C3=O)c(OC)c1. The molecule has 42 heavy (non-hydrogen) atoms. The molecular weight excluding hydrogens is 550 g/mol. The van der Waals surface area contributed by atoms with Gasteiger partial charge in [-0.2, -0.15) is 0 Å². The van der Waals surface area contributed by atoms with Crippen LogP contribution in [0.3, 0.4) is 0 Å². The van der Waals surface area contributed by atoms with Crippen molar-refractivity contribution in [1.82, 2.24) is 0 Å². The van der Waals surface area contributed by atoms with Crippen LogP contribution in [0.2, 0.25) is 5.02 Å². The van der Waals surface area contributed by atoms with Gasteiger partial charge in [0, 0.05) is 44.9 Å². The predicted octanol–water partition coefficient (Wildman–Crippen LogP) is 6.67. The molecule has 0 saturated carbocycles. The smallest absolute Gasteiger partial charge is 0.185 e. The van der Waals surface area contributed by atoms with E-state index in [9.17, 15) is 14.4 Å². The average Bonchev–Trinajstić information content (AvgIpc) is 3.46. The van der Waals surface area contributed by atoms with Gasteiger partial charge in [0.2, 0.25) is 0 Å². The number of ketones is 3. The molecule has 3 atom stereocenters. The third-order valence-electron chi connectivity index (χ3n) is 8.87. The summed E-state index contributed by atoms with van der Waals surface area (Å²) in [6.45, 7) is 0. The van der Waals surface area contributed by atoms with Gasteiger partial charge in [-0.1, -0.05) is 84.4 Å². The van der Waals surface area contributed by atoms with E-state index in [1.54, 1.807) is 61.7 Å². The molecule has 0 aromatic heterocycles. The van der Waals surface area contributed by atoms with Crippen molar-refractivity contribution in [2.24, 2.45) is 5.41 Å². The van der Waals surface area contributed by atoms with Crippen molar-refractivity contribution in [2.45, 2.75) is 18.0 Å². The van der Waals surface area contributed by atoms with Gasteiger partial charge < -0.3 is 14.4 Å². The van der Waals surface area contributed by atoms with E-state index >= 15 is 0 Å². The number of fused-ring (bicyclic) bond motifs is 5. The zero-order chi connectivity index (χ0) is 29.2. The van der Waals surface area contributed by atoms with Gasteiger partial charge in [0.25, 0.3) is 0 Å². The van der Waals surface area contributed by atoms with Crippen LogP contribution >= 0.6 is 11.6 Å². The Kier molecular flexibility index (Phi) is 6.06. The second-order valence-electron chi connectivity index (χ2n) is 10.7. The fraction of sp³-hybridized carbons (Fsp3) is 0.171. The molecule has 7 rings (SSSR count). The van der Waals surface area contributed by atoms with Crippen LogP contribution in [0.4, 0.5) is 5.69 Å². The number of carbonyl (C=O) groups is 3. The van der Waals surface area contributed by atoms with Crippen LogP contribution in [-0.4, -0.2) is 43.7 Å². The normalized spacial score (nSPS) is 21.2. The standard InChI is InChI=1S/C35H26ClNO5/c1-41-23-14-15-26(28(19-23)42-2)30-31(32(38)20-8-4-3-5-9-20)37-27-16-13-22(36)18-21(27)12-17-29(37)35(30)33(39)24-10-6-7-11-25(24)34(35)40/h3-19,29-31H,1-2H3/t29-,30-,31-/m1/s1. The largest absolute Gasteiger partial charge is 0.497 e. The van der Waals surface area contributed by atoms with Crippen LogP contribution in [-0.2, 0) is 0 Å². The highest BCUT2D eigenvalue weighted by Crippen LogP contribution is 2.62. The third kappa shape index (κ3) is 3.48. The average molecular weight is 576 g/mol. The Balaban J connectivity index is 1.57. The van der Waals surface area contributed by atoms with E-state index in [2.05, 4.69) is 0 Å². The maximum absolute atomic E-state index is 14.8. The van der Waals surface area contributed by atoms with E-state index in [0.29, 0.717) is 38.8 Å². The zero-order valence-corrected chi connectivity index (χ0v) is 23.7. The minimum Gasteiger partial charge on any atom is -0.497 e. The minimum absolute atomic E-state index is 0.201. The summed E-state index contributed by atoms with van der Waals surface area (Å²) in [7, 11) is 3.09. The van der Waals surface area contributed by atoms with Crippen molar-refractivity contribution < 1.29 is 23.9 Å². The Labute approximate surface area is 248 Å². The number of anilines is 1. The van der Waals surface area contributed by atoms with Gasteiger partial charge in [0.1, 0.15) is 23.0 Å². The van der Waals surface area contributed by atoms with Gasteiger partial charge >= 0.3 is 0 Å². The molecule has 0 bridgehead atoms. The molecule has 1 aliphatic carbocycles. The summed E-state index contributed by atoms with van der Waals surface area (Å²) in [4.78, 5) is 46.3. The molecule has 0 amide bonds. The van der Waals surface area contributed by atoms with Crippen LogP contribution in [0.5, 0.6) is 11.5 Å². The molecule has 0 radical (unpaired) electrons. The lowest BCUT2D eigenvalue weighted by atomic mass is 9.64. The first-order valence-corrected chi connectivity index (χ1v) is 14.1. The Bertz CT molecular complexity index is 1780. The van der Waals surface area contributed by atoms with E-state index in [1.807, 2.05) is 53.5 Å². The molecule has 0 unspecified atom stereocenters. The Morgan fingerprint density at radius 3 is 2.19 bits per heavy atom. The predicted molar refractivity (Wildman–Crippen MR) is 161 cm³/mol. The van der Waals surface area contributed by atoms with E-state index < -0.39 is 23.4 Å². The number of rotatable bonds is 5. The maximum Gasteiger partial charge on any atom is 0.185 e. The van der Waals surface area contributed by atoms with Gasteiger partial charge in [-0.3, -0.25) is 14.4 Å². The highest BCUT2D eigenvalue weighted by molar-refractivity contribution is 6.33. The first-order chi connectivity index (χ1) is 20.4. The van der Waals surface area contributed by atoms with Crippen molar-refractivity contribution in [3.63, 3.8) is 0 Å². The highest BCUT2D eigenvalue weighted by Gasteiger charge is 2.72. The number of halogens is 1. The van der Waals surface area contributed by atoms with Crippen LogP contribution in [0.25, 0.3) is 6.08 Å². The second-order valence-corrected chi connectivity index (χ2v) is 11.2. The van der Waals surface area contributed by atoms with Crippen LogP contribution in [0.1, 0.15) is 48.1 Å². The summed E-state index contributed by atoms with van der Waals surface area (Å²) in [6.07, 6.45) is 3.77. The second kappa shape index (κ2) is 9.71. The first-order valence-electron chi connectivity index (χ1n) is 13.7. The summed E-state index contributed by atoms with van der Waals surface area (Å²) in [6, 6.07) is 25.0. The van der Waals surface area contributed by atoms with Crippen LogP contribution < -0.4 is 14.4 Å². The molecule has 2 aliphatic heterocycles. The molecule has 1 fully saturated rings. The summed E-state index contributed by atoms with van der Waals surface area (Å²) in [5.74, 6) is -0.708. The first kappa shape index (κ1) is 26.2. The monoisotopic (exact) mass is 575 g/mol. The number of methoxy groups -OCH3 is 2. The summed E-state index contributed by atoms with van der Waals surface area (Å²) in [5.41, 5.74) is 1.70. The number of ether oxygens (including phenoxy) is 2. The van der Waals surface area contributed by atoms with E-state index in [4.69, 9.17) is 21.1 Å². The number of benzene rings is 4. The Morgan fingerprint density at radius 1 is 0.833 bits per heavy atom. The topological polar surface area (TPSA) is 72.9 Å². The Hall–Kier alpha value is -4.68. The number of nitrogens with zero attached hydrogens (tertiary/aromatic N) is 1. The quantitative estimate of drug-likeness (QED) is 0.195. The van der Waals surface area contributed by atoms with Crippen LogP contribution in [0.15, 0.2) is 97.1 Å². The number of hydrogen-bond acceptors (Lipinski definition) is 6. The van der Waals surface area contributed by atoms with Gasteiger partial charge in [-0.25, -0.2) is 0 Å². The van der Waals surface area contributed by atoms with Crippen molar-refractivity contribution in [3.05, 3.63) is 130 Å². The summed E-state index contributed by atoms with van der Waals surface area (Å²) < 4.78 is 11.3. The lowest BCUT2D eigenvalue weighted by Crippen LogP contribution is -2.48. The molecule has 3 aliphatic rings. The van der Waals surface area contributed by atoms with E-state index in [0.717, 1.165) is 11.3 Å². The minimum atomic E-state index is -1.63. The molecular formula is C35H26ClNO5. The van der Waals surface area contributed by atoms with Crippen LogP contribution in [0, 0.1) is 5.41 Å². The molecule has 2 heterocycles. The fourth-order valence-corrected chi connectivity index (χ4v) is 7.32. The maximum atomic E-state index is 14.8. The van der Waals surface area contributed by atoms with E-state index in [1.165, 1.54) is 7.11 Å². The Morgan fingerprint density at radius 2 is 1.52 bits per heavy atom. The van der Waals surface area contributed by atoms with Crippen molar-refractivity contribution in [1.29, 1.82) is 0 Å². The van der Waals surface area contributed by atoms with Crippen molar-refractivity contribution in [2.75, 3.05) is 19.1 Å². The molecule has 0 N–H and O–H groups in total. The number of carbonyl (C=O) groups excluding carboxylic acids is 3. The van der Waals surface area contributed by atoms with E-state index in [-0.39, 0.29) is 17.3 Å². The highest BCUT2D eigenvalue weighted by atomic mass is 35.5. The molecule has 208 valence electrons. The molecule has 1 spiro atoms. The molecule has 4 aromatic rings. The van der Waals surface area contributed by atoms with Crippen molar-refractivity contribution >= 4 is 40.7 Å². The zero-order valence-electron chi connectivity index (χ0n) is 22.9. The number of Topliss-reactive ketones (excluding diaryl/α,β-unsaturated/α-hetero) is 3. The summed E-state index contributed by atoms with van der Waals surface area (Å²) in [5, 5.41) is 0.547.